The molecule has 2 aromatic rings. The molecule has 0 saturated heterocycles. The monoisotopic (exact) mass is 247 g/mol. The van der Waals surface area contributed by atoms with E-state index < -0.39 is 0 Å². The first-order valence-corrected chi connectivity index (χ1v) is 6.38. The SMILES string of the molecule is NC(Cc1ccc2c(c1)OCO2)c1cccs1. The molecule has 1 aliphatic heterocycles. The van der Waals surface area contributed by atoms with E-state index in [0.717, 1.165) is 17.9 Å². The Balaban J connectivity index is 1.77. The molecule has 0 fully saturated rings. The zero-order chi connectivity index (χ0) is 11.7. The summed E-state index contributed by atoms with van der Waals surface area (Å²) in [7, 11) is 0. The van der Waals surface area contributed by atoms with Crippen molar-refractivity contribution >= 4 is 11.3 Å². The zero-order valence-corrected chi connectivity index (χ0v) is 10.1. The lowest BCUT2D eigenvalue weighted by molar-refractivity contribution is 0.174. The minimum Gasteiger partial charge on any atom is -0.454 e. The molecule has 1 atom stereocenters. The number of hydrogen-bond donors (Lipinski definition) is 1. The van der Waals surface area contributed by atoms with E-state index in [1.54, 1.807) is 11.3 Å². The summed E-state index contributed by atoms with van der Waals surface area (Å²) >= 11 is 1.69. The van der Waals surface area contributed by atoms with E-state index >= 15 is 0 Å². The summed E-state index contributed by atoms with van der Waals surface area (Å²) in [5, 5.41) is 2.05. The molecule has 1 unspecified atom stereocenters. The lowest BCUT2D eigenvalue weighted by atomic mass is 10.0. The van der Waals surface area contributed by atoms with Gasteiger partial charge in [0.25, 0.3) is 0 Å². The molecular weight excluding hydrogens is 234 g/mol. The average molecular weight is 247 g/mol. The van der Waals surface area contributed by atoms with Gasteiger partial charge >= 0.3 is 0 Å². The maximum atomic E-state index is 6.16. The Hall–Kier alpha value is -1.52. The topological polar surface area (TPSA) is 44.5 Å². The first-order chi connectivity index (χ1) is 8.33. The largest absolute Gasteiger partial charge is 0.454 e. The standard InChI is InChI=1S/C13H13NO2S/c14-10(13-2-1-5-17-13)6-9-3-4-11-12(7-9)16-8-15-11/h1-5,7,10H,6,8,14H2. The molecular formula is C13H13NO2S. The van der Waals surface area contributed by atoms with Gasteiger partial charge in [0, 0.05) is 10.9 Å². The molecule has 2 N–H and O–H groups in total. The van der Waals surface area contributed by atoms with Crippen molar-refractivity contribution in [2.75, 3.05) is 6.79 Å². The number of thiophene rings is 1. The van der Waals surface area contributed by atoms with E-state index in [2.05, 4.69) is 11.4 Å². The van der Waals surface area contributed by atoms with Crippen LogP contribution >= 0.6 is 11.3 Å². The van der Waals surface area contributed by atoms with E-state index in [0.29, 0.717) is 6.79 Å². The van der Waals surface area contributed by atoms with E-state index in [1.165, 1.54) is 10.4 Å². The summed E-state index contributed by atoms with van der Waals surface area (Å²) < 4.78 is 10.6. The average Bonchev–Trinajstić information content (AvgIpc) is 2.99. The minimum absolute atomic E-state index is 0.0513. The van der Waals surface area contributed by atoms with E-state index in [4.69, 9.17) is 15.2 Å². The number of hydrogen-bond acceptors (Lipinski definition) is 4. The predicted molar refractivity (Wildman–Crippen MR) is 67.5 cm³/mol. The van der Waals surface area contributed by atoms with Crippen molar-refractivity contribution in [2.45, 2.75) is 12.5 Å². The molecule has 3 nitrogen and oxygen atoms in total. The molecule has 0 bridgehead atoms. The van der Waals surface area contributed by atoms with Crippen LogP contribution in [0.5, 0.6) is 11.5 Å². The third-order valence-electron chi connectivity index (χ3n) is 2.80. The quantitative estimate of drug-likeness (QED) is 0.907. The van der Waals surface area contributed by atoms with Gasteiger partial charge in [-0.2, -0.15) is 0 Å². The Morgan fingerprint density at radius 1 is 1.24 bits per heavy atom. The van der Waals surface area contributed by atoms with Crippen molar-refractivity contribution in [3.63, 3.8) is 0 Å². The van der Waals surface area contributed by atoms with Gasteiger partial charge in [0.2, 0.25) is 6.79 Å². The Labute approximate surface area is 104 Å². The summed E-state index contributed by atoms with van der Waals surface area (Å²) in [6, 6.07) is 10.1. The van der Waals surface area contributed by atoms with Gasteiger partial charge < -0.3 is 15.2 Å². The molecule has 0 radical (unpaired) electrons. The second kappa shape index (κ2) is 4.39. The fourth-order valence-electron chi connectivity index (χ4n) is 1.92. The minimum atomic E-state index is 0.0513. The van der Waals surface area contributed by atoms with Crippen LogP contribution in [0.2, 0.25) is 0 Å². The maximum Gasteiger partial charge on any atom is 0.231 e. The van der Waals surface area contributed by atoms with Crippen molar-refractivity contribution in [1.29, 1.82) is 0 Å². The Morgan fingerprint density at radius 3 is 2.94 bits per heavy atom. The highest BCUT2D eigenvalue weighted by atomic mass is 32.1. The Morgan fingerprint density at radius 2 is 2.12 bits per heavy atom. The molecule has 1 aromatic heterocycles. The molecule has 0 aliphatic carbocycles. The van der Waals surface area contributed by atoms with Crippen LogP contribution in [0.3, 0.4) is 0 Å². The summed E-state index contributed by atoms with van der Waals surface area (Å²) in [4.78, 5) is 1.21. The number of ether oxygens (including phenoxy) is 2. The highest BCUT2D eigenvalue weighted by Crippen LogP contribution is 2.33. The van der Waals surface area contributed by atoms with Crippen LogP contribution in [-0.2, 0) is 6.42 Å². The van der Waals surface area contributed by atoms with Crippen LogP contribution in [0.4, 0.5) is 0 Å². The van der Waals surface area contributed by atoms with Crippen molar-refractivity contribution in [2.24, 2.45) is 5.73 Å². The van der Waals surface area contributed by atoms with Crippen molar-refractivity contribution in [3.05, 3.63) is 46.2 Å². The lowest BCUT2D eigenvalue weighted by Crippen LogP contribution is -2.11. The lowest BCUT2D eigenvalue weighted by Gasteiger charge is -2.09. The first-order valence-electron chi connectivity index (χ1n) is 5.50. The first kappa shape index (κ1) is 10.6. The van der Waals surface area contributed by atoms with Gasteiger partial charge in [-0.15, -0.1) is 11.3 Å². The van der Waals surface area contributed by atoms with Crippen LogP contribution in [0.1, 0.15) is 16.5 Å². The number of fused-ring (bicyclic) bond motifs is 1. The van der Waals surface area contributed by atoms with Crippen LogP contribution in [0.25, 0.3) is 0 Å². The van der Waals surface area contributed by atoms with Gasteiger partial charge in [-0.25, -0.2) is 0 Å². The molecule has 1 aromatic carbocycles. The summed E-state index contributed by atoms with van der Waals surface area (Å²) in [6.07, 6.45) is 0.817. The predicted octanol–water partition coefficient (Wildman–Crippen LogP) is 2.72. The summed E-state index contributed by atoms with van der Waals surface area (Å²) in [6.45, 7) is 0.315. The van der Waals surface area contributed by atoms with Crippen LogP contribution < -0.4 is 15.2 Å². The Kier molecular flexibility index (Phi) is 2.74. The molecule has 2 heterocycles. The van der Waals surface area contributed by atoms with Gasteiger partial charge in [-0.3, -0.25) is 0 Å². The second-order valence-corrected chi connectivity index (χ2v) is 4.99. The van der Waals surface area contributed by atoms with Gasteiger partial charge in [0.15, 0.2) is 11.5 Å². The van der Waals surface area contributed by atoms with Crippen LogP contribution in [-0.4, -0.2) is 6.79 Å². The zero-order valence-electron chi connectivity index (χ0n) is 9.26. The molecule has 88 valence electrons. The fourth-order valence-corrected chi connectivity index (χ4v) is 2.65. The summed E-state index contributed by atoms with van der Waals surface area (Å²) in [5.41, 5.74) is 7.33. The van der Waals surface area contributed by atoms with Crippen molar-refractivity contribution < 1.29 is 9.47 Å². The van der Waals surface area contributed by atoms with Crippen molar-refractivity contribution in [3.8, 4) is 11.5 Å². The molecule has 4 heteroatoms. The van der Waals surface area contributed by atoms with Gasteiger partial charge in [0.05, 0.1) is 0 Å². The van der Waals surface area contributed by atoms with Gasteiger partial charge in [-0.1, -0.05) is 12.1 Å². The second-order valence-electron chi connectivity index (χ2n) is 4.01. The molecule has 0 saturated carbocycles. The maximum absolute atomic E-state index is 6.16. The van der Waals surface area contributed by atoms with Crippen LogP contribution in [0, 0.1) is 0 Å². The smallest absolute Gasteiger partial charge is 0.231 e. The summed E-state index contributed by atoms with van der Waals surface area (Å²) in [5.74, 6) is 1.64. The normalized spacial score (nSPS) is 14.9. The highest BCUT2D eigenvalue weighted by molar-refractivity contribution is 7.10. The number of benzene rings is 1. The third-order valence-corrected chi connectivity index (χ3v) is 3.81. The fraction of sp³-hybridized carbons (Fsp3) is 0.231. The molecule has 3 rings (SSSR count). The molecule has 0 amide bonds. The third kappa shape index (κ3) is 2.14. The highest BCUT2D eigenvalue weighted by Gasteiger charge is 2.15. The molecule has 1 aliphatic rings. The van der Waals surface area contributed by atoms with E-state index in [9.17, 15) is 0 Å². The van der Waals surface area contributed by atoms with Crippen LogP contribution in [0.15, 0.2) is 35.7 Å². The van der Waals surface area contributed by atoms with Gasteiger partial charge in [-0.05, 0) is 35.6 Å². The van der Waals surface area contributed by atoms with Crippen molar-refractivity contribution in [1.82, 2.24) is 0 Å². The number of rotatable bonds is 3. The van der Waals surface area contributed by atoms with E-state index in [-0.39, 0.29) is 6.04 Å². The van der Waals surface area contributed by atoms with Gasteiger partial charge in [0.1, 0.15) is 0 Å². The molecule has 0 spiro atoms. The number of nitrogens with two attached hydrogens (primary N) is 1. The molecule has 17 heavy (non-hydrogen) atoms. The van der Waals surface area contributed by atoms with E-state index in [1.807, 2.05) is 24.3 Å². The Bertz CT molecular complexity index is 510.